The predicted molar refractivity (Wildman–Crippen MR) is 115 cm³/mol. The Morgan fingerprint density at radius 3 is 2.40 bits per heavy atom. The second-order valence-electron chi connectivity index (χ2n) is 7.23. The number of ether oxygens (including phenoxy) is 1. The number of rotatable bonds is 6. The summed E-state index contributed by atoms with van der Waals surface area (Å²) in [5.41, 5.74) is 2.04. The van der Waals surface area contributed by atoms with E-state index in [0.29, 0.717) is 30.1 Å². The van der Waals surface area contributed by atoms with Crippen LogP contribution in [-0.4, -0.2) is 63.0 Å². The molecule has 1 atom stereocenters. The maximum Gasteiger partial charge on any atom is 0.254 e. The predicted octanol–water partition coefficient (Wildman–Crippen LogP) is 1.73. The summed E-state index contributed by atoms with van der Waals surface area (Å²) in [6, 6.07) is 13.2. The Hall–Kier alpha value is -3.55. The molecule has 8 heteroatoms. The van der Waals surface area contributed by atoms with Gasteiger partial charge in [-0.2, -0.15) is 0 Å². The second kappa shape index (κ2) is 9.30. The van der Waals surface area contributed by atoms with Gasteiger partial charge in [-0.25, -0.2) is 0 Å². The van der Waals surface area contributed by atoms with Crippen molar-refractivity contribution in [1.29, 1.82) is 0 Å². The van der Waals surface area contributed by atoms with Crippen molar-refractivity contribution in [2.24, 2.45) is 0 Å². The van der Waals surface area contributed by atoms with Crippen molar-refractivity contribution in [2.75, 3.05) is 44.5 Å². The van der Waals surface area contributed by atoms with Crippen LogP contribution in [0.1, 0.15) is 16.8 Å². The number of piperazine rings is 1. The highest BCUT2D eigenvalue weighted by atomic mass is 16.5. The lowest BCUT2D eigenvalue weighted by Gasteiger charge is -2.34. The molecule has 1 aliphatic rings. The molecule has 2 N–H and O–H groups in total. The molecule has 8 nitrogen and oxygen atoms in total. The first-order chi connectivity index (χ1) is 14.4. The van der Waals surface area contributed by atoms with Gasteiger partial charge in [0.1, 0.15) is 11.8 Å². The Kier molecular flexibility index (Phi) is 6.56. The molecule has 1 fully saturated rings. The van der Waals surface area contributed by atoms with Gasteiger partial charge >= 0.3 is 0 Å². The first kappa shape index (κ1) is 21.2. The molecule has 0 bridgehead atoms. The third-order valence-electron chi connectivity index (χ3n) is 4.97. The summed E-state index contributed by atoms with van der Waals surface area (Å²) in [5.74, 6) is -0.263. The second-order valence-corrected chi connectivity index (χ2v) is 7.23. The number of hydrogen-bond donors (Lipinski definition) is 2. The van der Waals surface area contributed by atoms with E-state index in [1.165, 1.54) is 4.90 Å². The van der Waals surface area contributed by atoms with E-state index in [2.05, 4.69) is 10.6 Å². The zero-order valence-corrected chi connectivity index (χ0v) is 17.3. The Morgan fingerprint density at radius 1 is 1.13 bits per heavy atom. The highest BCUT2D eigenvalue weighted by Gasteiger charge is 2.35. The number of nitrogens with one attached hydrogen (secondary N) is 2. The molecule has 0 unspecified atom stereocenters. The van der Waals surface area contributed by atoms with Crippen molar-refractivity contribution < 1.29 is 19.1 Å². The largest absolute Gasteiger partial charge is 0.497 e. The monoisotopic (exact) mass is 410 g/mol. The Labute approximate surface area is 175 Å². The average Bonchev–Trinajstić information content (AvgIpc) is 2.75. The SMILES string of the molecule is COc1ccc(NC(=O)C[C@@H]2C(=O)NCCN2C(=O)c2ccc(N(C)C)cc2)cc1. The molecule has 0 aliphatic carbocycles. The number of carbonyl (C=O) groups is 3. The lowest BCUT2D eigenvalue weighted by atomic mass is 10.1. The van der Waals surface area contributed by atoms with Crippen LogP contribution in [0, 0.1) is 0 Å². The third-order valence-corrected chi connectivity index (χ3v) is 4.97. The summed E-state index contributed by atoms with van der Waals surface area (Å²) in [7, 11) is 5.40. The topological polar surface area (TPSA) is 91.0 Å². The van der Waals surface area contributed by atoms with E-state index >= 15 is 0 Å². The van der Waals surface area contributed by atoms with Gasteiger partial charge in [-0.05, 0) is 48.5 Å². The van der Waals surface area contributed by atoms with Crippen molar-refractivity contribution >= 4 is 29.1 Å². The van der Waals surface area contributed by atoms with Gasteiger partial charge in [0.2, 0.25) is 11.8 Å². The molecular formula is C22H26N4O4. The van der Waals surface area contributed by atoms with Crippen LogP contribution in [0.3, 0.4) is 0 Å². The number of nitrogens with zero attached hydrogens (tertiary/aromatic N) is 2. The van der Waals surface area contributed by atoms with Crippen molar-refractivity contribution in [3.63, 3.8) is 0 Å². The van der Waals surface area contributed by atoms with Gasteiger partial charge in [0.05, 0.1) is 13.5 Å². The van der Waals surface area contributed by atoms with E-state index in [0.717, 1.165) is 5.69 Å². The molecule has 0 aromatic heterocycles. The molecule has 3 amide bonds. The first-order valence-electron chi connectivity index (χ1n) is 9.69. The van der Waals surface area contributed by atoms with E-state index in [4.69, 9.17) is 4.74 Å². The summed E-state index contributed by atoms with van der Waals surface area (Å²) in [4.78, 5) is 41.4. The average molecular weight is 410 g/mol. The maximum absolute atomic E-state index is 13.0. The molecule has 158 valence electrons. The zero-order valence-electron chi connectivity index (χ0n) is 17.3. The first-order valence-corrected chi connectivity index (χ1v) is 9.69. The molecule has 3 rings (SSSR count). The summed E-state index contributed by atoms with van der Waals surface area (Å²) in [5, 5.41) is 5.50. The minimum absolute atomic E-state index is 0.126. The molecular weight excluding hydrogens is 384 g/mol. The van der Waals surface area contributed by atoms with E-state index in [1.807, 2.05) is 31.1 Å². The minimum atomic E-state index is -0.863. The molecule has 2 aromatic rings. The summed E-state index contributed by atoms with van der Waals surface area (Å²) in [6.07, 6.45) is -0.126. The van der Waals surface area contributed by atoms with Gasteiger partial charge in [-0.3, -0.25) is 14.4 Å². The van der Waals surface area contributed by atoms with E-state index in [1.54, 1.807) is 43.5 Å². The molecule has 0 radical (unpaired) electrons. The van der Waals surface area contributed by atoms with Gasteiger partial charge in [-0.15, -0.1) is 0 Å². The van der Waals surface area contributed by atoms with Crippen LogP contribution in [0.4, 0.5) is 11.4 Å². The fraction of sp³-hybridized carbons (Fsp3) is 0.318. The molecule has 0 spiro atoms. The Balaban J connectivity index is 1.71. The van der Waals surface area contributed by atoms with E-state index < -0.39 is 6.04 Å². The fourth-order valence-corrected chi connectivity index (χ4v) is 3.29. The van der Waals surface area contributed by atoms with Gasteiger partial charge < -0.3 is 25.2 Å². The van der Waals surface area contributed by atoms with Gasteiger partial charge in [-0.1, -0.05) is 0 Å². The number of amides is 3. The minimum Gasteiger partial charge on any atom is -0.497 e. The Morgan fingerprint density at radius 2 is 1.80 bits per heavy atom. The number of methoxy groups -OCH3 is 1. The third kappa shape index (κ3) is 4.89. The molecule has 2 aromatic carbocycles. The summed E-state index contributed by atoms with van der Waals surface area (Å²) >= 11 is 0. The normalized spacial score (nSPS) is 15.9. The van der Waals surface area contributed by atoms with Crippen LogP contribution in [0.5, 0.6) is 5.75 Å². The van der Waals surface area contributed by atoms with Gasteiger partial charge in [0.15, 0.2) is 0 Å². The van der Waals surface area contributed by atoms with Crippen LogP contribution in [-0.2, 0) is 9.59 Å². The molecule has 30 heavy (non-hydrogen) atoms. The number of hydrogen-bond acceptors (Lipinski definition) is 5. The van der Waals surface area contributed by atoms with E-state index in [9.17, 15) is 14.4 Å². The smallest absolute Gasteiger partial charge is 0.254 e. The summed E-state index contributed by atoms with van der Waals surface area (Å²) in [6.45, 7) is 0.706. The lowest BCUT2D eigenvalue weighted by Crippen LogP contribution is -2.58. The number of benzene rings is 2. The quantitative estimate of drug-likeness (QED) is 0.757. The highest BCUT2D eigenvalue weighted by molar-refractivity contribution is 6.01. The van der Waals surface area contributed by atoms with Crippen molar-refractivity contribution in [1.82, 2.24) is 10.2 Å². The summed E-state index contributed by atoms with van der Waals surface area (Å²) < 4.78 is 5.10. The van der Waals surface area contributed by atoms with Crippen LogP contribution in [0.25, 0.3) is 0 Å². The van der Waals surface area contributed by atoms with Crippen LogP contribution in [0.2, 0.25) is 0 Å². The molecule has 1 aliphatic heterocycles. The maximum atomic E-state index is 13.0. The molecule has 0 saturated carbocycles. The zero-order chi connectivity index (χ0) is 21.7. The lowest BCUT2D eigenvalue weighted by molar-refractivity contribution is -0.131. The fourth-order valence-electron chi connectivity index (χ4n) is 3.29. The Bertz CT molecular complexity index is 910. The van der Waals surface area contributed by atoms with Crippen molar-refractivity contribution in [3.05, 3.63) is 54.1 Å². The van der Waals surface area contributed by atoms with Crippen LogP contribution in [0.15, 0.2) is 48.5 Å². The van der Waals surface area contributed by atoms with Crippen LogP contribution >= 0.6 is 0 Å². The van der Waals surface area contributed by atoms with Gasteiger partial charge in [0.25, 0.3) is 5.91 Å². The van der Waals surface area contributed by atoms with Crippen molar-refractivity contribution in [3.8, 4) is 5.75 Å². The number of carbonyl (C=O) groups excluding carboxylic acids is 3. The highest BCUT2D eigenvalue weighted by Crippen LogP contribution is 2.19. The standard InChI is InChI=1S/C22H26N4O4/c1-25(2)17-8-4-15(5-9-17)22(29)26-13-12-23-21(28)19(26)14-20(27)24-16-6-10-18(30-3)11-7-16/h4-11,19H,12-14H2,1-3H3,(H,23,28)(H,24,27)/t19-/m1/s1. The molecule has 1 heterocycles. The van der Waals surface area contributed by atoms with E-state index in [-0.39, 0.29) is 24.1 Å². The number of anilines is 2. The van der Waals surface area contributed by atoms with Gasteiger partial charge in [0, 0.05) is 44.1 Å². The molecule has 1 saturated heterocycles. The van der Waals surface area contributed by atoms with Crippen LogP contribution < -0.4 is 20.3 Å². The van der Waals surface area contributed by atoms with Crippen molar-refractivity contribution in [2.45, 2.75) is 12.5 Å².